The summed E-state index contributed by atoms with van der Waals surface area (Å²) in [6.07, 6.45) is 3.61. The number of thiophene rings is 1. The van der Waals surface area contributed by atoms with Gasteiger partial charge in [-0.05, 0) is 57.2 Å². The van der Waals surface area contributed by atoms with Gasteiger partial charge in [0.05, 0.1) is 22.1 Å². The lowest BCUT2D eigenvalue weighted by atomic mass is 10.2. The summed E-state index contributed by atoms with van der Waals surface area (Å²) >= 11 is 4.63. The summed E-state index contributed by atoms with van der Waals surface area (Å²) in [5.41, 5.74) is 2.45. The molecule has 0 atom stereocenters. The van der Waals surface area contributed by atoms with E-state index in [4.69, 9.17) is 4.74 Å². The van der Waals surface area contributed by atoms with Crippen molar-refractivity contribution in [3.8, 4) is 5.75 Å². The summed E-state index contributed by atoms with van der Waals surface area (Å²) in [6.45, 7) is 0.702. The lowest BCUT2D eigenvalue weighted by Crippen LogP contribution is -2.10. The van der Waals surface area contributed by atoms with Crippen LogP contribution in [0.1, 0.15) is 20.8 Å². The highest BCUT2D eigenvalue weighted by atomic mass is 79.9. The molecule has 31 heavy (non-hydrogen) atoms. The van der Waals surface area contributed by atoms with Gasteiger partial charge in [0, 0.05) is 23.5 Å². The number of carbonyl (C=O) groups is 1. The Labute approximate surface area is 189 Å². The largest absolute Gasteiger partial charge is 0.486 e. The van der Waals surface area contributed by atoms with Gasteiger partial charge >= 0.3 is 0 Å². The molecule has 0 saturated carbocycles. The Kier molecular flexibility index (Phi) is 6.43. The highest BCUT2D eigenvalue weighted by Gasteiger charge is 2.11. The number of nitrogens with zero attached hydrogens (tertiary/aromatic N) is 2. The van der Waals surface area contributed by atoms with Crippen molar-refractivity contribution < 1.29 is 18.3 Å². The van der Waals surface area contributed by atoms with Crippen LogP contribution in [-0.4, -0.2) is 15.7 Å². The average Bonchev–Trinajstić information content (AvgIpc) is 3.38. The van der Waals surface area contributed by atoms with E-state index in [1.807, 2.05) is 35.1 Å². The molecule has 4 rings (SSSR count). The van der Waals surface area contributed by atoms with E-state index in [0.29, 0.717) is 17.1 Å². The number of anilines is 1. The Morgan fingerprint density at radius 1 is 1.13 bits per heavy atom. The molecule has 1 amide bonds. The fraction of sp³-hybridized carbons (Fsp3) is 0.0909. The molecule has 1 N–H and O–H groups in total. The number of aromatic nitrogens is 2. The van der Waals surface area contributed by atoms with Crippen LogP contribution in [-0.2, 0) is 13.2 Å². The van der Waals surface area contributed by atoms with Crippen molar-refractivity contribution in [1.29, 1.82) is 0 Å². The predicted molar refractivity (Wildman–Crippen MR) is 118 cm³/mol. The van der Waals surface area contributed by atoms with Crippen LogP contribution in [0.3, 0.4) is 0 Å². The van der Waals surface area contributed by atoms with Crippen molar-refractivity contribution in [3.05, 3.63) is 98.4 Å². The molecular weight excluding hydrogens is 488 g/mol. The maximum Gasteiger partial charge on any atom is 0.265 e. The third-order valence-electron chi connectivity index (χ3n) is 4.32. The van der Waals surface area contributed by atoms with Gasteiger partial charge in [-0.3, -0.25) is 9.48 Å². The molecule has 9 heteroatoms. The van der Waals surface area contributed by atoms with Crippen LogP contribution in [0.5, 0.6) is 5.75 Å². The molecule has 158 valence electrons. The van der Waals surface area contributed by atoms with Gasteiger partial charge in [0.15, 0.2) is 11.6 Å². The van der Waals surface area contributed by atoms with Crippen LogP contribution in [0.4, 0.5) is 14.5 Å². The molecule has 0 fully saturated rings. The molecule has 0 aliphatic carbocycles. The van der Waals surface area contributed by atoms with Crippen LogP contribution >= 0.6 is 27.3 Å². The van der Waals surface area contributed by atoms with Gasteiger partial charge in [-0.1, -0.05) is 12.1 Å². The number of benzene rings is 2. The van der Waals surface area contributed by atoms with Crippen LogP contribution in [0.15, 0.2) is 70.8 Å². The number of nitrogens with one attached hydrogen (secondary N) is 1. The second kappa shape index (κ2) is 9.40. The highest BCUT2D eigenvalue weighted by Crippen LogP contribution is 2.22. The molecule has 4 aromatic rings. The number of halogens is 3. The van der Waals surface area contributed by atoms with Crippen molar-refractivity contribution >= 4 is 38.9 Å². The molecule has 0 saturated heterocycles. The summed E-state index contributed by atoms with van der Waals surface area (Å²) in [5.74, 6) is -1.72. The summed E-state index contributed by atoms with van der Waals surface area (Å²) < 4.78 is 34.7. The average molecular weight is 504 g/mol. The number of rotatable bonds is 7. The second-order valence-electron chi connectivity index (χ2n) is 6.69. The third kappa shape index (κ3) is 5.56. The first kappa shape index (κ1) is 21.2. The van der Waals surface area contributed by atoms with Gasteiger partial charge in [-0.2, -0.15) is 5.10 Å². The summed E-state index contributed by atoms with van der Waals surface area (Å²) in [4.78, 5) is 13.0. The zero-order valence-corrected chi connectivity index (χ0v) is 18.4. The minimum Gasteiger partial charge on any atom is -0.486 e. The van der Waals surface area contributed by atoms with Crippen molar-refractivity contribution in [3.63, 3.8) is 0 Å². The fourth-order valence-corrected chi connectivity index (χ4v) is 3.94. The predicted octanol–water partition coefficient (Wildman–Crippen LogP) is 5.86. The maximum absolute atomic E-state index is 13.6. The molecule has 0 spiro atoms. The molecule has 0 bridgehead atoms. The van der Waals surface area contributed by atoms with Gasteiger partial charge in [0.2, 0.25) is 0 Å². The Balaban J connectivity index is 1.33. The first-order valence-corrected chi connectivity index (χ1v) is 10.9. The highest BCUT2D eigenvalue weighted by molar-refractivity contribution is 9.10. The van der Waals surface area contributed by atoms with Crippen LogP contribution in [0, 0.1) is 11.6 Å². The monoisotopic (exact) mass is 503 g/mol. The van der Waals surface area contributed by atoms with Gasteiger partial charge in [-0.25, -0.2) is 8.78 Å². The van der Waals surface area contributed by atoms with Gasteiger partial charge < -0.3 is 10.1 Å². The normalized spacial score (nSPS) is 10.8. The summed E-state index contributed by atoms with van der Waals surface area (Å²) in [7, 11) is 0. The number of hydrogen-bond donors (Lipinski definition) is 1. The molecule has 0 aliphatic rings. The SMILES string of the molecule is O=C(Nc1ccc(Cn2cc(Br)cn2)cc1)c1cc(COc2ccc(F)cc2F)cs1. The number of carbonyl (C=O) groups excluding carboxylic acids is 1. The second-order valence-corrected chi connectivity index (χ2v) is 8.52. The molecule has 2 aromatic heterocycles. The lowest BCUT2D eigenvalue weighted by Gasteiger charge is -2.06. The molecular formula is C22H16BrF2N3O2S. The van der Waals surface area contributed by atoms with E-state index >= 15 is 0 Å². The van der Waals surface area contributed by atoms with E-state index < -0.39 is 11.6 Å². The van der Waals surface area contributed by atoms with E-state index in [-0.39, 0.29) is 18.3 Å². The Hall–Kier alpha value is -3.04. The fourth-order valence-electron chi connectivity index (χ4n) is 2.82. The van der Waals surface area contributed by atoms with Crippen LogP contribution in [0.2, 0.25) is 0 Å². The first-order valence-electron chi connectivity index (χ1n) is 9.20. The zero-order valence-electron chi connectivity index (χ0n) is 16.0. The van der Waals surface area contributed by atoms with Crippen LogP contribution in [0.25, 0.3) is 0 Å². The number of hydrogen-bond acceptors (Lipinski definition) is 4. The quantitative estimate of drug-likeness (QED) is 0.343. The Bertz CT molecular complexity index is 1210. The molecule has 0 unspecified atom stereocenters. The van der Waals surface area contributed by atoms with Gasteiger partial charge in [0.1, 0.15) is 12.4 Å². The minimum absolute atomic E-state index is 0.0406. The van der Waals surface area contributed by atoms with Crippen molar-refractivity contribution in [2.45, 2.75) is 13.2 Å². The van der Waals surface area contributed by atoms with Crippen molar-refractivity contribution in [2.75, 3.05) is 5.32 Å². The van der Waals surface area contributed by atoms with Crippen LogP contribution < -0.4 is 10.1 Å². The summed E-state index contributed by atoms with van der Waals surface area (Å²) in [5, 5.41) is 8.84. The first-order chi connectivity index (χ1) is 15.0. The maximum atomic E-state index is 13.6. The van der Waals surface area contributed by atoms with E-state index in [2.05, 4.69) is 26.3 Å². The number of amides is 1. The zero-order chi connectivity index (χ0) is 21.8. The van der Waals surface area contributed by atoms with E-state index in [0.717, 1.165) is 27.7 Å². The van der Waals surface area contributed by atoms with Gasteiger partial charge in [0.25, 0.3) is 5.91 Å². The standard InChI is InChI=1S/C22H16BrF2N3O2S/c23-16-9-26-28(11-16)10-14-1-4-18(5-2-14)27-22(29)21-7-15(13-31-21)12-30-20-6-3-17(24)8-19(20)25/h1-9,11,13H,10,12H2,(H,27,29). The van der Waals surface area contributed by atoms with Crippen molar-refractivity contribution in [1.82, 2.24) is 9.78 Å². The van der Waals surface area contributed by atoms with Crippen molar-refractivity contribution in [2.24, 2.45) is 0 Å². The lowest BCUT2D eigenvalue weighted by molar-refractivity contribution is 0.103. The topological polar surface area (TPSA) is 56.2 Å². The smallest absolute Gasteiger partial charge is 0.265 e. The van der Waals surface area contributed by atoms with Gasteiger partial charge in [-0.15, -0.1) is 11.3 Å². The molecule has 0 radical (unpaired) electrons. The Morgan fingerprint density at radius 3 is 2.65 bits per heavy atom. The molecule has 2 heterocycles. The molecule has 2 aromatic carbocycles. The van der Waals surface area contributed by atoms with E-state index in [1.165, 1.54) is 17.4 Å². The summed E-state index contributed by atoms with van der Waals surface area (Å²) in [6, 6.07) is 12.3. The van der Waals surface area contributed by atoms with E-state index in [9.17, 15) is 13.6 Å². The molecule has 5 nitrogen and oxygen atoms in total. The van der Waals surface area contributed by atoms with E-state index in [1.54, 1.807) is 17.6 Å². The Morgan fingerprint density at radius 2 is 1.94 bits per heavy atom. The minimum atomic E-state index is -0.767. The molecule has 0 aliphatic heterocycles. The third-order valence-corrected chi connectivity index (χ3v) is 5.71. The number of ether oxygens (including phenoxy) is 1.